The highest BCUT2D eigenvalue weighted by Crippen LogP contribution is 2.40. The summed E-state index contributed by atoms with van der Waals surface area (Å²) in [6, 6.07) is 21.6. The third kappa shape index (κ3) is 4.02. The van der Waals surface area contributed by atoms with Gasteiger partial charge in [0.05, 0.1) is 0 Å². The summed E-state index contributed by atoms with van der Waals surface area (Å²) in [5.41, 5.74) is 0.196. The maximum Gasteiger partial charge on any atom is 0.372 e. The van der Waals surface area contributed by atoms with E-state index in [9.17, 15) is 14.4 Å². The Kier molecular flexibility index (Phi) is 6.43. The number of Topliss-reactive ketones (excluding diaryl/α,β-unsaturated/α-hetero) is 2. The maximum absolute atomic E-state index is 13.3. The minimum Gasteiger partial charge on any atom is -1.00 e. The number of aromatic nitrogens is 1. The van der Waals surface area contributed by atoms with Crippen molar-refractivity contribution in [3.8, 4) is 0 Å². The molecule has 152 valence electrons. The van der Waals surface area contributed by atoms with Crippen molar-refractivity contribution in [2.75, 3.05) is 6.61 Å². The van der Waals surface area contributed by atoms with Crippen LogP contribution in [0.1, 0.15) is 26.3 Å². The largest absolute Gasteiger partial charge is 1.00 e. The van der Waals surface area contributed by atoms with E-state index in [4.69, 9.17) is 4.74 Å². The van der Waals surface area contributed by atoms with Gasteiger partial charge < -0.3 is 17.1 Å². The summed E-state index contributed by atoms with van der Waals surface area (Å²) in [5.74, 6) is -1.07. The van der Waals surface area contributed by atoms with Gasteiger partial charge in [-0.1, -0.05) is 60.7 Å². The first-order valence-corrected chi connectivity index (χ1v) is 9.42. The van der Waals surface area contributed by atoms with Crippen molar-refractivity contribution in [2.45, 2.75) is 13.0 Å². The molecule has 1 aliphatic carbocycles. The van der Waals surface area contributed by atoms with Gasteiger partial charge >= 0.3 is 5.97 Å². The number of hydrogen-bond donors (Lipinski definition) is 0. The molecule has 0 amide bonds. The van der Waals surface area contributed by atoms with Crippen LogP contribution in [0.25, 0.3) is 0 Å². The van der Waals surface area contributed by atoms with E-state index in [1.165, 1.54) is 0 Å². The number of esters is 1. The second kappa shape index (κ2) is 9.01. The second-order valence-corrected chi connectivity index (χ2v) is 7.16. The van der Waals surface area contributed by atoms with Crippen molar-refractivity contribution in [1.29, 1.82) is 0 Å². The average Bonchev–Trinajstić information content (AvgIpc) is 2.96. The highest BCUT2D eigenvalue weighted by Gasteiger charge is 2.53. The quantitative estimate of drug-likeness (QED) is 0.315. The fraction of sp³-hybridized carbons (Fsp3) is 0.167. The monoisotopic (exact) mass is 421 g/mol. The number of nitrogens with zero attached hydrogens (tertiary/aromatic N) is 1. The zero-order valence-electron chi connectivity index (χ0n) is 16.2. The Morgan fingerprint density at radius 2 is 1.33 bits per heavy atom. The summed E-state index contributed by atoms with van der Waals surface area (Å²) in [5, 5.41) is 0. The Balaban J connectivity index is 0.00000256. The molecule has 0 bridgehead atoms. The molecule has 5 nitrogen and oxygen atoms in total. The van der Waals surface area contributed by atoms with Crippen LogP contribution in [0.3, 0.4) is 0 Å². The van der Waals surface area contributed by atoms with Crippen LogP contribution in [0.5, 0.6) is 0 Å². The molecule has 6 heteroatoms. The molecule has 0 atom stereocenters. The first kappa shape index (κ1) is 21.4. The number of rotatable bonds is 6. The lowest BCUT2D eigenvalue weighted by atomic mass is 9.77. The zero-order valence-corrected chi connectivity index (χ0v) is 16.9. The smallest absolute Gasteiger partial charge is 0.372 e. The molecule has 0 aliphatic heterocycles. The molecular formula is C24H20ClNO4. The van der Waals surface area contributed by atoms with E-state index < -0.39 is 11.4 Å². The molecule has 0 fully saturated rings. The first-order chi connectivity index (χ1) is 14.1. The van der Waals surface area contributed by atoms with Crippen molar-refractivity contribution in [3.05, 3.63) is 102 Å². The minimum absolute atomic E-state index is 0. The van der Waals surface area contributed by atoms with Crippen molar-refractivity contribution < 1.29 is 36.1 Å². The lowest BCUT2D eigenvalue weighted by Crippen LogP contribution is -3.00. The topological polar surface area (TPSA) is 64.3 Å². The summed E-state index contributed by atoms with van der Waals surface area (Å²) < 4.78 is 7.16. The van der Waals surface area contributed by atoms with Gasteiger partial charge in [-0.15, -0.1) is 0 Å². The van der Waals surface area contributed by atoms with Gasteiger partial charge in [0.1, 0.15) is 12.0 Å². The molecule has 0 unspecified atom stereocenters. The third-order valence-electron chi connectivity index (χ3n) is 5.20. The van der Waals surface area contributed by atoms with E-state index in [0.29, 0.717) is 11.1 Å². The van der Waals surface area contributed by atoms with Gasteiger partial charge in [-0.2, -0.15) is 4.57 Å². The molecule has 0 saturated carbocycles. The van der Waals surface area contributed by atoms with Gasteiger partial charge in [-0.3, -0.25) is 9.59 Å². The van der Waals surface area contributed by atoms with Crippen molar-refractivity contribution >= 4 is 17.5 Å². The summed E-state index contributed by atoms with van der Waals surface area (Å²) in [7, 11) is 0. The number of fused-ring (bicyclic) bond motifs is 1. The fourth-order valence-corrected chi connectivity index (χ4v) is 3.72. The molecule has 0 spiro atoms. The Labute approximate surface area is 180 Å². The number of carbonyl (C=O) groups excluding carboxylic acids is 3. The predicted molar refractivity (Wildman–Crippen MR) is 105 cm³/mol. The third-order valence-corrected chi connectivity index (χ3v) is 5.20. The highest BCUT2D eigenvalue weighted by molar-refractivity contribution is 6.29. The summed E-state index contributed by atoms with van der Waals surface area (Å²) in [6.45, 7) is -0.266. The Morgan fingerprint density at radius 1 is 0.800 bits per heavy atom. The first-order valence-electron chi connectivity index (χ1n) is 9.42. The molecule has 0 saturated heterocycles. The van der Waals surface area contributed by atoms with E-state index in [1.807, 2.05) is 48.5 Å². The molecule has 0 radical (unpaired) electrons. The van der Waals surface area contributed by atoms with E-state index in [2.05, 4.69) is 0 Å². The van der Waals surface area contributed by atoms with Crippen molar-refractivity contribution in [3.63, 3.8) is 0 Å². The summed E-state index contributed by atoms with van der Waals surface area (Å²) >= 11 is 0. The van der Waals surface area contributed by atoms with Gasteiger partial charge in [0.2, 0.25) is 6.54 Å². The molecule has 3 aromatic rings. The molecule has 4 rings (SSSR count). The van der Waals surface area contributed by atoms with Crippen LogP contribution in [-0.4, -0.2) is 24.1 Å². The number of ketones is 2. The number of pyridine rings is 1. The van der Waals surface area contributed by atoms with Crippen LogP contribution >= 0.6 is 0 Å². The fourth-order valence-electron chi connectivity index (χ4n) is 3.72. The van der Waals surface area contributed by atoms with E-state index in [1.54, 1.807) is 41.2 Å². The van der Waals surface area contributed by atoms with Crippen LogP contribution in [0.15, 0.2) is 85.2 Å². The van der Waals surface area contributed by atoms with E-state index in [-0.39, 0.29) is 43.5 Å². The number of halogens is 1. The molecule has 1 aliphatic rings. The number of hydrogen-bond acceptors (Lipinski definition) is 4. The van der Waals surface area contributed by atoms with Gasteiger partial charge in [0.15, 0.2) is 24.0 Å². The number of benzene rings is 2. The molecular weight excluding hydrogens is 402 g/mol. The Morgan fingerprint density at radius 3 is 1.93 bits per heavy atom. The lowest BCUT2D eigenvalue weighted by molar-refractivity contribution is -0.686. The summed E-state index contributed by atoms with van der Waals surface area (Å²) in [4.78, 5) is 39.0. The van der Waals surface area contributed by atoms with Crippen LogP contribution in [0.2, 0.25) is 0 Å². The zero-order chi connectivity index (χ0) is 20.3. The van der Waals surface area contributed by atoms with E-state index >= 15 is 0 Å². The second-order valence-electron chi connectivity index (χ2n) is 7.16. The van der Waals surface area contributed by atoms with Crippen LogP contribution < -0.4 is 17.0 Å². The molecule has 2 aromatic carbocycles. The van der Waals surface area contributed by atoms with Crippen LogP contribution in [-0.2, 0) is 22.5 Å². The average molecular weight is 422 g/mol. The minimum atomic E-state index is -1.43. The molecule has 30 heavy (non-hydrogen) atoms. The molecule has 1 aromatic heterocycles. The lowest BCUT2D eigenvalue weighted by Gasteiger charge is -2.25. The summed E-state index contributed by atoms with van der Waals surface area (Å²) in [6.07, 6.45) is 3.69. The number of carbonyl (C=O) groups is 3. The van der Waals surface area contributed by atoms with Crippen molar-refractivity contribution in [2.24, 2.45) is 5.41 Å². The maximum atomic E-state index is 13.3. The van der Waals surface area contributed by atoms with Gasteiger partial charge in [0, 0.05) is 23.3 Å². The van der Waals surface area contributed by atoms with Crippen LogP contribution in [0, 0.1) is 5.41 Å². The van der Waals surface area contributed by atoms with Gasteiger partial charge in [-0.05, 0) is 12.0 Å². The SMILES string of the molecule is O=C(C[n+]1ccccc1)OCC1(Cc2ccccc2)C(=O)c2ccccc2C1=O.[Cl-]. The molecule has 0 N–H and O–H groups in total. The van der Waals surface area contributed by atoms with Gasteiger partial charge in [-0.25, -0.2) is 4.79 Å². The standard InChI is InChI=1S/C24H20NO4.ClH/c26-21(16-25-13-7-2-8-14-25)29-17-24(15-18-9-3-1-4-10-18)22(27)19-11-5-6-12-20(19)23(24)28;/h1-14H,15-17H2;1H/q+1;/p-1. The highest BCUT2D eigenvalue weighted by atomic mass is 35.5. The molecule has 1 heterocycles. The predicted octanol–water partition coefficient (Wildman–Crippen LogP) is -0.170. The van der Waals surface area contributed by atoms with Crippen molar-refractivity contribution in [1.82, 2.24) is 0 Å². The van der Waals surface area contributed by atoms with Crippen LogP contribution in [0.4, 0.5) is 0 Å². The van der Waals surface area contributed by atoms with E-state index in [0.717, 1.165) is 5.56 Å². The van der Waals surface area contributed by atoms with Gasteiger partial charge in [0.25, 0.3) is 0 Å². The Bertz CT molecular complexity index is 1030. The normalized spacial score (nSPS) is 14.0. The number of ether oxygens (including phenoxy) is 1. The Hall–Kier alpha value is -3.31.